The summed E-state index contributed by atoms with van der Waals surface area (Å²) in [6, 6.07) is 7.18. The van der Waals surface area contributed by atoms with Crippen molar-refractivity contribution in [1.82, 2.24) is 14.5 Å². The van der Waals surface area contributed by atoms with Gasteiger partial charge in [0.25, 0.3) is 0 Å². The predicted molar refractivity (Wildman–Crippen MR) is 83.0 cm³/mol. The zero-order valence-electron chi connectivity index (χ0n) is 11.4. The van der Waals surface area contributed by atoms with Crippen molar-refractivity contribution in [3.8, 4) is 5.82 Å². The van der Waals surface area contributed by atoms with Gasteiger partial charge in [-0.2, -0.15) is 4.98 Å². The summed E-state index contributed by atoms with van der Waals surface area (Å²) in [6.07, 6.45) is 3.43. The standard InChI is InChI=1S/C14H12BN5O/c1-8(21)18-11-6-9(15)7-12-10(11)3-5-20(12)13-2-4-17-14(16)19-13/h2-7H,1H3,(H,18,21)(H2,16,17,19). The fraction of sp³-hybridized carbons (Fsp3) is 0.0714. The predicted octanol–water partition coefficient (Wildman–Crippen LogP) is 0.755. The first-order valence-corrected chi connectivity index (χ1v) is 6.31. The highest BCUT2D eigenvalue weighted by molar-refractivity contribution is 6.34. The van der Waals surface area contributed by atoms with Gasteiger partial charge in [0.2, 0.25) is 11.9 Å². The number of hydrogen-bond donors (Lipinski definition) is 2. The van der Waals surface area contributed by atoms with E-state index in [9.17, 15) is 4.79 Å². The summed E-state index contributed by atoms with van der Waals surface area (Å²) >= 11 is 0. The largest absolute Gasteiger partial charge is 0.368 e. The first-order chi connectivity index (χ1) is 10.0. The molecule has 0 unspecified atom stereocenters. The smallest absolute Gasteiger partial charge is 0.221 e. The Balaban J connectivity index is 2.22. The first kappa shape index (κ1) is 13.2. The van der Waals surface area contributed by atoms with Crippen molar-refractivity contribution >= 4 is 41.8 Å². The van der Waals surface area contributed by atoms with Crippen molar-refractivity contribution in [1.29, 1.82) is 0 Å². The summed E-state index contributed by atoms with van der Waals surface area (Å²) < 4.78 is 1.84. The van der Waals surface area contributed by atoms with E-state index in [1.807, 2.05) is 22.9 Å². The Morgan fingerprint density at radius 1 is 1.38 bits per heavy atom. The fourth-order valence-electron chi connectivity index (χ4n) is 2.25. The second kappa shape index (κ2) is 4.94. The lowest BCUT2D eigenvalue weighted by atomic mass is 9.94. The van der Waals surface area contributed by atoms with Crippen molar-refractivity contribution in [3.05, 3.63) is 36.7 Å². The molecule has 6 nitrogen and oxygen atoms in total. The van der Waals surface area contributed by atoms with E-state index in [0.29, 0.717) is 17.0 Å². The number of rotatable bonds is 2. The van der Waals surface area contributed by atoms with Gasteiger partial charge in [0.1, 0.15) is 13.7 Å². The minimum Gasteiger partial charge on any atom is -0.368 e. The summed E-state index contributed by atoms with van der Waals surface area (Å²) in [6.45, 7) is 1.46. The third-order valence-electron chi connectivity index (χ3n) is 3.05. The SMILES string of the molecule is [B]c1cc(NC(C)=O)c2ccn(-c3ccnc(N)n3)c2c1. The molecular formula is C14H12BN5O. The van der Waals surface area contributed by atoms with Crippen LogP contribution in [0, 0.1) is 0 Å². The number of nitrogens with zero attached hydrogens (tertiary/aromatic N) is 3. The van der Waals surface area contributed by atoms with E-state index in [1.54, 1.807) is 18.3 Å². The molecule has 7 heteroatoms. The fourth-order valence-corrected chi connectivity index (χ4v) is 2.25. The average molecular weight is 277 g/mol. The molecule has 2 heterocycles. The van der Waals surface area contributed by atoms with E-state index < -0.39 is 0 Å². The maximum Gasteiger partial charge on any atom is 0.221 e. The van der Waals surface area contributed by atoms with Crippen LogP contribution in [0.25, 0.3) is 16.7 Å². The van der Waals surface area contributed by atoms with Crippen LogP contribution in [0.2, 0.25) is 0 Å². The Bertz CT molecular complexity index is 842. The molecule has 0 spiro atoms. The minimum atomic E-state index is -0.152. The number of nitrogen functional groups attached to an aromatic ring is 1. The molecule has 1 aromatic carbocycles. The summed E-state index contributed by atoms with van der Waals surface area (Å²) in [5, 5.41) is 3.65. The van der Waals surface area contributed by atoms with Crippen LogP contribution in [-0.4, -0.2) is 28.3 Å². The molecule has 0 atom stereocenters. The number of fused-ring (bicyclic) bond motifs is 1. The number of anilines is 2. The lowest BCUT2D eigenvalue weighted by Crippen LogP contribution is -2.11. The van der Waals surface area contributed by atoms with Gasteiger partial charge in [-0.25, -0.2) is 4.98 Å². The van der Waals surface area contributed by atoms with Crippen molar-refractivity contribution in [2.75, 3.05) is 11.1 Å². The number of hydrogen-bond acceptors (Lipinski definition) is 4. The second-order valence-electron chi connectivity index (χ2n) is 4.64. The summed E-state index contributed by atoms with van der Waals surface area (Å²) in [5.41, 5.74) is 7.66. The van der Waals surface area contributed by atoms with Crippen molar-refractivity contribution < 1.29 is 4.79 Å². The van der Waals surface area contributed by atoms with Gasteiger partial charge in [0, 0.05) is 30.4 Å². The molecule has 0 aliphatic carbocycles. The lowest BCUT2D eigenvalue weighted by Gasteiger charge is -2.09. The molecule has 3 aromatic rings. The Morgan fingerprint density at radius 2 is 2.19 bits per heavy atom. The van der Waals surface area contributed by atoms with Gasteiger partial charge in [-0.3, -0.25) is 4.79 Å². The number of nitrogens with two attached hydrogens (primary N) is 1. The highest BCUT2D eigenvalue weighted by Crippen LogP contribution is 2.25. The minimum absolute atomic E-state index is 0.152. The quantitative estimate of drug-likeness (QED) is 0.677. The third-order valence-corrected chi connectivity index (χ3v) is 3.05. The Morgan fingerprint density at radius 3 is 2.90 bits per heavy atom. The van der Waals surface area contributed by atoms with Crippen molar-refractivity contribution in [2.45, 2.75) is 6.92 Å². The molecule has 3 rings (SSSR count). The van der Waals surface area contributed by atoms with Crippen LogP contribution < -0.4 is 16.5 Å². The van der Waals surface area contributed by atoms with Gasteiger partial charge in [0.05, 0.1) is 5.52 Å². The number of carbonyl (C=O) groups excluding carboxylic acids is 1. The zero-order chi connectivity index (χ0) is 15.0. The van der Waals surface area contributed by atoms with E-state index in [4.69, 9.17) is 13.6 Å². The van der Waals surface area contributed by atoms with Crippen LogP contribution in [0.15, 0.2) is 36.7 Å². The molecular weight excluding hydrogens is 265 g/mol. The molecule has 3 N–H and O–H groups in total. The van der Waals surface area contributed by atoms with Crippen LogP contribution in [-0.2, 0) is 4.79 Å². The first-order valence-electron chi connectivity index (χ1n) is 6.31. The Kier molecular flexibility index (Phi) is 3.10. The Labute approximate surface area is 122 Å². The van der Waals surface area contributed by atoms with Gasteiger partial charge in [-0.05, 0) is 24.3 Å². The topological polar surface area (TPSA) is 85.8 Å². The normalized spacial score (nSPS) is 10.7. The summed E-state index contributed by atoms with van der Waals surface area (Å²) in [5.74, 6) is 0.679. The molecule has 102 valence electrons. The van der Waals surface area contributed by atoms with Crippen LogP contribution >= 0.6 is 0 Å². The summed E-state index contributed by atoms with van der Waals surface area (Å²) in [4.78, 5) is 19.4. The molecule has 0 saturated heterocycles. The number of aromatic nitrogens is 3. The molecule has 21 heavy (non-hydrogen) atoms. The molecule has 0 aliphatic rings. The summed E-state index contributed by atoms with van der Waals surface area (Å²) in [7, 11) is 5.91. The molecule has 0 fully saturated rings. The maximum absolute atomic E-state index is 11.3. The molecule has 0 bridgehead atoms. The third kappa shape index (κ3) is 2.45. The highest BCUT2D eigenvalue weighted by Gasteiger charge is 2.10. The number of nitrogens with one attached hydrogen (secondary N) is 1. The van der Waals surface area contributed by atoms with Gasteiger partial charge in [0.15, 0.2) is 0 Å². The zero-order valence-corrected chi connectivity index (χ0v) is 11.4. The second-order valence-corrected chi connectivity index (χ2v) is 4.64. The van der Waals surface area contributed by atoms with E-state index in [0.717, 1.165) is 10.9 Å². The molecule has 0 aliphatic heterocycles. The van der Waals surface area contributed by atoms with Crippen LogP contribution in [0.4, 0.5) is 11.6 Å². The van der Waals surface area contributed by atoms with Crippen LogP contribution in [0.5, 0.6) is 0 Å². The van der Waals surface area contributed by atoms with Crippen LogP contribution in [0.1, 0.15) is 6.92 Å². The maximum atomic E-state index is 11.3. The van der Waals surface area contributed by atoms with Gasteiger partial charge < -0.3 is 15.6 Å². The van der Waals surface area contributed by atoms with Gasteiger partial charge in [-0.15, -0.1) is 0 Å². The number of amides is 1. The van der Waals surface area contributed by atoms with Crippen molar-refractivity contribution in [3.63, 3.8) is 0 Å². The van der Waals surface area contributed by atoms with Gasteiger partial charge >= 0.3 is 0 Å². The van der Waals surface area contributed by atoms with Crippen LogP contribution in [0.3, 0.4) is 0 Å². The molecule has 2 radical (unpaired) electrons. The van der Waals surface area contributed by atoms with E-state index in [1.165, 1.54) is 6.92 Å². The molecule has 1 amide bonds. The average Bonchev–Trinajstić information content (AvgIpc) is 2.81. The monoisotopic (exact) mass is 277 g/mol. The molecule has 0 saturated carbocycles. The Hall–Kier alpha value is -2.83. The van der Waals surface area contributed by atoms with Gasteiger partial charge in [-0.1, -0.05) is 5.46 Å². The van der Waals surface area contributed by atoms with E-state index in [2.05, 4.69) is 15.3 Å². The lowest BCUT2D eigenvalue weighted by molar-refractivity contribution is -0.114. The van der Waals surface area contributed by atoms with E-state index >= 15 is 0 Å². The van der Waals surface area contributed by atoms with E-state index in [-0.39, 0.29) is 11.9 Å². The number of benzene rings is 1. The van der Waals surface area contributed by atoms with Crippen molar-refractivity contribution in [2.24, 2.45) is 0 Å². The molecule has 2 aromatic heterocycles. The number of carbonyl (C=O) groups is 1. The highest BCUT2D eigenvalue weighted by atomic mass is 16.1.